The number of rotatable bonds is 1. The molecule has 4 aliphatic rings. The molecule has 0 heterocycles. The molecule has 1 heteroatoms. The van der Waals surface area contributed by atoms with E-state index in [-0.39, 0.29) is 7.43 Å². The van der Waals surface area contributed by atoms with E-state index < -0.39 is 0 Å². The summed E-state index contributed by atoms with van der Waals surface area (Å²) in [6, 6.07) is 0. The molecule has 7 unspecified atom stereocenters. The van der Waals surface area contributed by atoms with Gasteiger partial charge >= 0.3 is 0 Å². The van der Waals surface area contributed by atoms with E-state index in [9.17, 15) is 0 Å². The molecular formula is C22H39N. The van der Waals surface area contributed by atoms with Gasteiger partial charge in [0.25, 0.3) is 0 Å². The second kappa shape index (κ2) is 5.88. The zero-order valence-electron chi connectivity index (χ0n) is 15.0. The van der Waals surface area contributed by atoms with Gasteiger partial charge in [-0.2, -0.15) is 0 Å². The summed E-state index contributed by atoms with van der Waals surface area (Å²) in [6.07, 6.45) is 14.6. The minimum atomic E-state index is 0. The molecule has 1 nitrogen and oxygen atoms in total. The van der Waals surface area contributed by atoms with Crippen molar-refractivity contribution in [3.05, 3.63) is 0 Å². The van der Waals surface area contributed by atoms with Crippen LogP contribution in [0, 0.1) is 45.8 Å². The molecule has 4 fully saturated rings. The largest absolute Gasteiger partial charge is 0.310 e. The van der Waals surface area contributed by atoms with Crippen molar-refractivity contribution in [3.8, 4) is 0 Å². The van der Waals surface area contributed by atoms with Crippen molar-refractivity contribution in [3.63, 3.8) is 0 Å². The summed E-state index contributed by atoms with van der Waals surface area (Å²) in [4.78, 5) is 0. The van der Waals surface area contributed by atoms with Gasteiger partial charge in [-0.15, -0.1) is 0 Å². The number of hydrogen-bond donors (Lipinski definition) is 1. The second-order valence-corrected chi connectivity index (χ2v) is 9.76. The molecule has 0 aliphatic heterocycles. The van der Waals surface area contributed by atoms with Crippen LogP contribution < -0.4 is 0 Å². The van der Waals surface area contributed by atoms with Crippen molar-refractivity contribution >= 4 is 5.71 Å². The Morgan fingerprint density at radius 1 is 0.826 bits per heavy atom. The number of hydrogen-bond acceptors (Lipinski definition) is 1. The third-order valence-electron chi connectivity index (χ3n) is 9.11. The van der Waals surface area contributed by atoms with Gasteiger partial charge in [0, 0.05) is 11.6 Å². The van der Waals surface area contributed by atoms with Crippen LogP contribution in [0.1, 0.15) is 92.4 Å². The zero-order valence-corrected chi connectivity index (χ0v) is 15.0. The third-order valence-corrected chi connectivity index (χ3v) is 9.11. The second-order valence-electron chi connectivity index (χ2n) is 9.76. The number of nitrogens with one attached hydrogen (secondary N) is 1. The van der Waals surface area contributed by atoms with Crippen LogP contribution in [-0.4, -0.2) is 5.71 Å². The third kappa shape index (κ3) is 2.35. The van der Waals surface area contributed by atoms with Crippen LogP contribution in [0.5, 0.6) is 0 Å². The van der Waals surface area contributed by atoms with Gasteiger partial charge in [-0.05, 0) is 92.8 Å². The highest BCUT2D eigenvalue weighted by atomic mass is 14.7. The van der Waals surface area contributed by atoms with E-state index in [1.165, 1.54) is 64.2 Å². The summed E-state index contributed by atoms with van der Waals surface area (Å²) >= 11 is 0. The molecular weight excluding hydrogens is 278 g/mol. The molecule has 0 saturated heterocycles. The number of fused-ring (bicyclic) bond motifs is 5. The molecule has 7 atom stereocenters. The first kappa shape index (κ1) is 17.5. The molecule has 132 valence electrons. The Morgan fingerprint density at radius 2 is 1.57 bits per heavy atom. The summed E-state index contributed by atoms with van der Waals surface area (Å²) in [6.45, 7) is 7.30. The Morgan fingerprint density at radius 3 is 2.30 bits per heavy atom. The molecule has 0 bridgehead atoms. The highest BCUT2D eigenvalue weighted by Crippen LogP contribution is 2.67. The van der Waals surface area contributed by atoms with Gasteiger partial charge < -0.3 is 5.41 Å². The predicted molar refractivity (Wildman–Crippen MR) is 100.0 cm³/mol. The van der Waals surface area contributed by atoms with Crippen molar-refractivity contribution in [2.75, 3.05) is 0 Å². The molecule has 4 rings (SSSR count). The lowest BCUT2D eigenvalue weighted by Gasteiger charge is -2.60. The average molecular weight is 318 g/mol. The maximum Gasteiger partial charge on any atom is 0.00946 e. The fourth-order valence-electron chi connectivity index (χ4n) is 8.01. The Labute approximate surface area is 144 Å². The van der Waals surface area contributed by atoms with Crippen molar-refractivity contribution in [2.24, 2.45) is 40.4 Å². The van der Waals surface area contributed by atoms with E-state index in [2.05, 4.69) is 20.8 Å². The van der Waals surface area contributed by atoms with E-state index in [0.29, 0.717) is 16.7 Å². The molecule has 23 heavy (non-hydrogen) atoms. The van der Waals surface area contributed by atoms with Crippen LogP contribution >= 0.6 is 0 Å². The standard InChI is InChI=1S/C21H35N.CH4/c1-14(22)17-9-10-18-16-8-7-15-6-4-5-12-20(15,2)19(16)11-13-21(17,18)3;/h15-19,22H,4-13H2,1-3H3;1H4. The van der Waals surface area contributed by atoms with Crippen molar-refractivity contribution < 1.29 is 0 Å². The van der Waals surface area contributed by atoms with Gasteiger partial charge in [0.1, 0.15) is 0 Å². The lowest BCUT2D eigenvalue weighted by Crippen LogP contribution is -2.53. The van der Waals surface area contributed by atoms with Gasteiger partial charge in [-0.1, -0.05) is 34.1 Å². The Kier molecular flexibility index (Phi) is 4.47. The van der Waals surface area contributed by atoms with Gasteiger partial charge in [0.05, 0.1) is 0 Å². The molecule has 4 saturated carbocycles. The predicted octanol–water partition coefficient (Wildman–Crippen LogP) is 6.71. The van der Waals surface area contributed by atoms with Crippen molar-refractivity contribution in [1.82, 2.24) is 0 Å². The van der Waals surface area contributed by atoms with Crippen LogP contribution in [0.25, 0.3) is 0 Å². The normalized spacial score (nSPS) is 51.9. The highest BCUT2D eigenvalue weighted by Gasteiger charge is 2.59. The summed E-state index contributed by atoms with van der Waals surface area (Å²) in [5, 5.41) is 8.26. The fourth-order valence-corrected chi connectivity index (χ4v) is 8.01. The Balaban J connectivity index is 0.00000156. The lowest BCUT2D eigenvalue weighted by atomic mass is 9.45. The molecule has 0 spiro atoms. The molecule has 0 radical (unpaired) electrons. The van der Waals surface area contributed by atoms with E-state index in [0.717, 1.165) is 29.4 Å². The van der Waals surface area contributed by atoms with Gasteiger partial charge in [0.2, 0.25) is 0 Å². The van der Waals surface area contributed by atoms with E-state index >= 15 is 0 Å². The van der Waals surface area contributed by atoms with Crippen molar-refractivity contribution in [1.29, 1.82) is 5.41 Å². The molecule has 0 amide bonds. The quantitative estimate of drug-likeness (QED) is 0.520. The van der Waals surface area contributed by atoms with Crippen molar-refractivity contribution in [2.45, 2.75) is 92.4 Å². The summed E-state index contributed by atoms with van der Waals surface area (Å²) in [5.74, 6) is 4.55. The van der Waals surface area contributed by atoms with Gasteiger partial charge in [-0.25, -0.2) is 0 Å². The topological polar surface area (TPSA) is 23.9 Å². The van der Waals surface area contributed by atoms with E-state index in [1.807, 2.05) is 0 Å². The molecule has 0 aromatic carbocycles. The minimum absolute atomic E-state index is 0. The van der Waals surface area contributed by atoms with Crippen LogP contribution in [0.4, 0.5) is 0 Å². The first-order chi connectivity index (χ1) is 10.5. The van der Waals surface area contributed by atoms with Crippen LogP contribution in [0.2, 0.25) is 0 Å². The SMILES string of the molecule is C.CC(=N)C1CCC2C3CCC4CCCCC4(C)C3CCC12C. The molecule has 1 N–H and O–H groups in total. The smallest absolute Gasteiger partial charge is 0.00946 e. The molecule has 4 aliphatic carbocycles. The monoisotopic (exact) mass is 317 g/mol. The van der Waals surface area contributed by atoms with E-state index in [1.54, 1.807) is 0 Å². The minimum Gasteiger partial charge on any atom is -0.310 e. The van der Waals surface area contributed by atoms with Crippen LogP contribution in [-0.2, 0) is 0 Å². The summed E-state index contributed by atoms with van der Waals surface area (Å²) in [7, 11) is 0. The lowest BCUT2D eigenvalue weighted by molar-refractivity contribution is -0.106. The summed E-state index contributed by atoms with van der Waals surface area (Å²) in [5.41, 5.74) is 2.10. The van der Waals surface area contributed by atoms with Gasteiger partial charge in [0.15, 0.2) is 0 Å². The molecule has 0 aromatic rings. The first-order valence-corrected chi connectivity index (χ1v) is 10.0. The molecule has 0 aromatic heterocycles. The van der Waals surface area contributed by atoms with E-state index in [4.69, 9.17) is 5.41 Å². The maximum atomic E-state index is 8.26. The Hall–Kier alpha value is -0.330. The van der Waals surface area contributed by atoms with Crippen LogP contribution in [0.3, 0.4) is 0 Å². The first-order valence-electron chi connectivity index (χ1n) is 10.0. The summed E-state index contributed by atoms with van der Waals surface area (Å²) < 4.78 is 0. The average Bonchev–Trinajstić information content (AvgIpc) is 2.84. The Bertz CT molecular complexity index is 469. The fraction of sp³-hybridized carbons (Fsp3) is 0.955. The van der Waals surface area contributed by atoms with Gasteiger partial charge in [-0.3, -0.25) is 0 Å². The zero-order chi connectivity index (χ0) is 15.5. The highest BCUT2D eigenvalue weighted by molar-refractivity contribution is 5.82. The van der Waals surface area contributed by atoms with Crippen LogP contribution in [0.15, 0.2) is 0 Å². The maximum absolute atomic E-state index is 8.26.